The molecular weight excluding hydrogens is 347 g/mol. The van der Waals surface area contributed by atoms with Gasteiger partial charge < -0.3 is 0 Å². The number of benzene rings is 1. The van der Waals surface area contributed by atoms with Gasteiger partial charge in [0, 0.05) is 0 Å². The molecule has 1 aromatic carbocycles. The summed E-state index contributed by atoms with van der Waals surface area (Å²) in [6.45, 7) is 0. The van der Waals surface area contributed by atoms with Crippen LogP contribution in [0.4, 0.5) is 0 Å². The number of aromatic nitrogens is 1. The Morgan fingerprint density at radius 2 is 1.62 bits per heavy atom. The molecule has 0 aliphatic carbocycles. The summed E-state index contributed by atoms with van der Waals surface area (Å²) in [7, 11) is 0. The Balaban J connectivity index is 2.16. The van der Waals surface area contributed by atoms with E-state index >= 15 is 0 Å². The van der Waals surface area contributed by atoms with Crippen LogP contribution in [0.1, 0.15) is 0 Å². The molecule has 0 aliphatic heterocycles. The zero-order valence-corrected chi connectivity index (χ0v) is 12.8. The van der Waals surface area contributed by atoms with Crippen molar-refractivity contribution in [3.05, 3.63) is 54.7 Å². The number of rotatable bonds is 2. The van der Waals surface area contributed by atoms with E-state index in [4.69, 9.17) is 0 Å². The first kappa shape index (κ1) is 8.88. The number of nitrogens with zero attached hydrogens (tertiary/aromatic N) is 1. The van der Waals surface area contributed by atoms with Gasteiger partial charge in [0.15, 0.2) is 0 Å². The molecule has 0 N–H and O–H groups in total. The fourth-order valence-corrected chi connectivity index (χ4v) is 6.66. The monoisotopic (exact) mass is 357 g/mol. The molecule has 0 fully saturated rings. The van der Waals surface area contributed by atoms with E-state index in [0.29, 0.717) is 0 Å². The minimum absolute atomic E-state index is 1.10. The summed E-state index contributed by atoms with van der Waals surface area (Å²) in [6.07, 6.45) is 1.89. The second-order valence-electron chi connectivity index (χ2n) is 2.98. The van der Waals surface area contributed by atoms with Crippen LogP contribution in [-0.2, 0) is 24.6 Å². The molecule has 1 heterocycles. The van der Waals surface area contributed by atoms with Gasteiger partial charge in [-0.2, -0.15) is 0 Å². The third kappa shape index (κ3) is 2.63. The molecule has 0 saturated heterocycles. The molecule has 0 aliphatic rings. The van der Waals surface area contributed by atoms with Crippen LogP contribution in [0.5, 0.6) is 0 Å². The Morgan fingerprint density at radius 3 is 2.31 bits per heavy atom. The van der Waals surface area contributed by atoms with Gasteiger partial charge in [-0.3, -0.25) is 0 Å². The average molecular weight is 356 g/mol. The van der Waals surface area contributed by atoms with Crippen LogP contribution in [0.15, 0.2) is 54.7 Å². The number of hydrogen-bond donors (Lipinski definition) is 0. The zero-order chi connectivity index (χ0) is 8.93. The SMILES string of the molecule is c1cc[c]([Hg][c]2ccccn2)cc1. The number of hydrogen-bond acceptors (Lipinski definition) is 1. The van der Waals surface area contributed by atoms with Gasteiger partial charge in [-0.15, -0.1) is 0 Å². The molecule has 0 saturated carbocycles. The minimum atomic E-state index is -1.10. The summed E-state index contributed by atoms with van der Waals surface area (Å²) in [4.78, 5) is 4.37. The van der Waals surface area contributed by atoms with Gasteiger partial charge >= 0.3 is 90.6 Å². The van der Waals surface area contributed by atoms with Crippen LogP contribution < -0.4 is 6.27 Å². The van der Waals surface area contributed by atoms with Gasteiger partial charge in [0.2, 0.25) is 0 Å². The van der Waals surface area contributed by atoms with Crippen molar-refractivity contribution in [3.8, 4) is 0 Å². The fourth-order valence-electron chi connectivity index (χ4n) is 1.31. The van der Waals surface area contributed by atoms with Crippen molar-refractivity contribution < 1.29 is 24.6 Å². The third-order valence-corrected chi connectivity index (χ3v) is 8.41. The quantitative estimate of drug-likeness (QED) is 0.736. The Morgan fingerprint density at radius 1 is 0.846 bits per heavy atom. The van der Waals surface area contributed by atoms with E-state index in [9.17, 15) is 0 Å². The van der Waals surface area contributed by atoms with Crippen LogP contribution >= 0.6 is 0 Å². The zero-order valence-electron chi connectivity index (χ0n) is 7.35. The Labute approximate surface area is 90.3 Å². The standard InChI is InChI=1S/C6H5.C5H4N.Hg/c2*1-2-4-6-5-3-1;/h1-5H;1-4H;. The molecule has 2 heteroatoms. The molecule has 2 rings (SSSR count). The van der Waals surface area contributed by atoms with Crippen LogP contribution in [0.3, 0.4) is 0 Å². The Bertz CT molecular complexity index is 321. The normalized spacial score (nSPS) is 9.23. The predicted molar refractivity (Wildman–Crippen MR) is 49.9 cm³/mol. The van der Waals surface area contributed by atoms with Gasteiger partial charge in [-0.25, -0.2) is 0 Å². The van der Waals surface area contributed by atoms with E-state index in [1.54, 1.807) is 0 Å². The molecule has 60 valence electrons. The van der Waals surface area contributed by atoms with Crippen molar-refractivity contribution in [3.63, 3.8) is 0 Å². The molecule has 0 atom stereocenters. The van der Waals surface area contributed by atoms with Gasteiger partial charge in [0.1, 0.15) is 0 Å². The molecule has 0 spiro atoms. The van der Waals surface area contributed by atoms with Crippen LogP contribution in [0.2, 0.25) is 0 Å². The van der Waals surface area contributed by atoms with Crippen LogP contribution in [0, 0.1) is 0 Å². The van der Waals surface area contributed by atoms with E-state index in [1.807, 2.05) is 12.3 Å². The second-order valence-corrected chi connectivity index (χ2v) is 10.3. The van der Waals surface area contributed by atoms with E-state index in [1.165, 1.54) is 6.27 Å². The topological polar surface area (TPSA) is 12.9 Å². The second kappa shape index (κ2) is 4.52. The fraction of sp³-hybridized carbons (Fsp3) is 0. The maximum atomic E-state index is 4.37. The van der Waals surface area contributed by atoms with Crippen LogP contribution in [-0.4, -0.2) is 4.98 Å². The summed E-state index contributed by atoms with van der Waals surface area (Å²) >= 11 is -1.10. The van der Waals surface area contributed by atoms with Crippen molar-refractivity contribution in [2.45, 2.75) is 0 Å². The molecule has 0 unspecified atom stereocenters. The average Bonchev–Trinajstić information content (AvgIpc) is 2.21. The van der Waals surface area contributed by atoms with Gasteiger partial charge in [0.25, 0.3) is 0 Å². The van der Waals surface area contributed by atoms with Crippen molar-refractivity contribution in [1.29, 1.82) is 0 Å². The third-order valence-electron chi connectivity index (χ3n) is 1.95. The molecule has 0 radical (unpaired) electrons. The summed E-state index contributed by atoms with van der Waals surface area (Å²) < 4.78 is 2.87. The van der Waals surface area contributed by atoms with Crippen molar-refractivity contribution in [2.75, 3.05) is 0 Å². The Kier molecular flexibility index (Phi) is 3.09. The first-order valence-corrected chi connectivity index (χ1v) is 9.89. The summed E-state index contributed by atoms with van der Waals surface area (Å²) in [5, 5.41) is 0. The first-order valence-electron chi connectivity index (χ1n) is 4.39. The molecule has 2 aromatic rings. The van der Waals surface area contributed by atoms with E-state index < -0.39 is 24.6 Å². The van der Waals surface area contributed by atoms with Gasteiger partial charge in [-0.05, 0) is 0 Å². The molecule has 13 heavy (non-hydrogen) atoms. The molecule has 1 aromatic heterocycles. The first-order chi connectivity index (χ1) is 6.45. The van der Waals surface area contributed by atoms with Crippen molar-refractivity contribution >= 4 is 6.27 Å². The van der Waals surface area contributed by atoms with Crippen molar-refractivity contribution in [1.82, 2.24) is 4.98 Å². The molecular formula is C11H9HgN. The molecule has 1 nitrogen and oxygen atoms in total. The predicted octanol–water partition coefficient (Wildman–Crippen LogP) is 1.11. The van der Waals surface area contributed by atoms with E-state index in [0.717, 1.165) is 0 Å². The van der Waals surface area contributed by atoms with E-state index in [2.05, 4.69) is 47.4 Å². The summed E-state index contributed by atoms with van der Waals surface area (Å²) in [5.74, 6) is 0. The molecule has 0 bridgehead atoms. The van der Waals surface area contributed by atoms with E-state index in [-0.39, 0.29) is 0 Å². The van der Waals surface area contributed by atoms with Crippen molar-refractivity contribution in [2.24, 2.45) is 0 Å². The summed E-state index contributed by atoms with van der Waals surface area (Å²) in [5.41, 5.74) is 0. The van der Waals surface area contributed by atoms with Gasteiger partial charge in [-0.1, -0.05) is 0 Å². The Hall–Kier alpha value is -0.695. The molecule has 0 amide bonds. The summed E-state index contributed by atoms with van der Waals surface area (Å²) in [6, 6.07) is 16.9. The van der Waals surface area contributed by atoms with Crippen LogP contribution in [0.25, 0.3) is 0 Å². The maximum absolute atomic E-state index is 4.37. The van der Waals surface area contributed by atoms with Gasteiger partial charge in [0.05, 0.1) is 0 Å². The number of pyridine rings is 1.